The van der Waals surface area contributed by atoms with Crippen LogP contribution in [0.4, 0.5) is 10.1 Å². The second-order valence-electron chi connectivity index (χ2n) is 5.64. The second kappa shape index (κ2) is 7.63. The fourth-order valence-electron chi connectivity index (χ4n) is 3.22. The van der Waals surface area contributed by atoms with Crippen molar-refractivity contribution in [2.24, 2.45) is 0 Å². The standard InChI is InChI=1S/C17H27FN2/c1-3-12-19-13-15-16(18)10-7-11-17(15)20(4-2)14-8-5-6-9-14/h7,10-11,14,19H,3-6,8-9,12-13H2,1-2H3. The highest BCUT2D eigenvalue weighted by atomic mass is 19.1. The van der Waals surface area contributed by atoms with Gasteiger partial charge in [-0.3, -0.25) is 0 Å². The van der Waals surface area contributed by atoms with E-state index in [1.165, 1.54) is 25.7 Å². The van der Waals surface area contributed by atoms with E-state index in [-0.39, 0.29) is 5.82 Å². The molecule has 1 aromatic rings. The average Bonchev–Trinajstić information content (AvgIpc) is 2.96. The normalized spacial score (nSPS) is 15.8. The average molecular weight is 278 g/mol. The van der Waals surface area contributed by atoms with Crippen molar-refractivity contribution in [1.82, 2.24) is 5.32 Å². The molecule has 1 aromatic carbocycles. The number of nitrogens with one attached hydrogen (secondary N) is 1. The predicted molar refractivity (Wildman–Crippen MR) is 83.7 cm³/mol. The van der Waals surface area contributed by atoms with E-state index in [1.807, 2.05) is 6.07 Å². The van der Waals surface area contributed by atoms with E-state index < -0.39 is 0 Å². The van der Waals surface area contributed by atoms with Crippen LogP contribution in [0.5, 0.6) is 0 Å². The van der Waals surface area contributed by atoms with Crippen LogP contribution in [0, 0.1) is 5.82 Å². The van der Waals surface area contributed by atoms with Gasteiger partial charge in [0.15, 0.2) is 0 Å². The number of nitrogens with zero attached hydrogens (tertiary/aromatic N) is 1. The summed E-state index contributed by atoms with van der Waals surface area (Å²) in [6, 6.07) is 6.08. The van der Waals surface area contributed by atoms with E-state index in [9.17, 15) is 4.39 Å². The molecule has 0 amide bonds. The number of halogens is 1. The summed E-state index contributed by atoms with van der Waals surface area (Å²) in [6.07, 6.45) is 6.17. The Hall–Kier alpha value is -1.09. The van der Waals surface area contributed by atoms with Crippen molar-refractivity contribution in [2.45, 2.75) is 58.5 Å². The van der Waals surface area contributed by atoms with Crippen LogP contribution >= 0.6 is 0 Å². The van der Waals surface area contributed by atoms with Crippen LogP contribution in [0.1, 0.15) is 51.5 Å². The Kier molecular flexibility index (Phi) is 5.84. The van der Waals surface area contributed by atoms with Gasteiger partial charge >= 0.3 is 0 Å². The molecule has 0 unspecified atom stereocenters. The van der Waals surface area contributed by atoms with Gasteiger partial charge in [0.05, 0.1) is 0 Å². The molecular weight excluding hydrogens is 251 g/mol. The van der Waals surface area contributed by atoms with Crippen molar-refractivity contribution in [3.8, 4) is 0 Å². The molecule has 1 N–H and O–H groups in total. The number of rotatable bonds is 7. The van der Waals surface area contributed by atoms with Gasteiger partial charge in [-0.05, 0) is 44.9 Å². The highest BCUT2D eigenvalue weighted by Gasteiger charge is 2.24. The summed E-state index contributed by atoms with van der Waals surface area (Å²) >= 11 is 0. The summed E-state index contributed by atoms with van der Waals surface area (Å²) in [5.74, 6) is -0.0810. The van der Waals surface area contributed by atoms with Gasteiger partial charge in [0.1, 0.15) is 5.82 Å². The van der Waals surface area contributed by atoms with Crippen LogP contribution in [0.25, 0.3) is 0 Å². The smallest absolute Gasteiger partial charge is 0.129 e. The van der Waals surface area contributed by atoms with Crippen LogP contribution in [-0.4, -0.2) is 19.1 Å². The fraction of sp³-hybridized carbons (Fsp3) is 0.647. The minimum Gasteiger partial charge on any atom is -0.368 e. The quantitative estimate of drug-likeness (QED) is 0.756. The Morgan fingerprint density at radius 3 is 2.65 bits per heavy atom. The third-order valence-corrected chi connectivity index (χ3v) is 4.24. The lowest BCUT2D eigenvalue weighted by Gasteiger charge is -2.32. The van der Waals surface area contributed by atoms with Crippen LogP contribution in [-0.2, 0) is 6.54 Å². The lowest BCUT2D eigenvalue weighted by Crippen LogP contribution is -2.34. The maximum Gasteiger partial charge on any atom is 0.129 e. The molecule has 0 bridgehead atoms. The lowest BCUT2D eigenvalue weighted by atomic mass is 10.1. The first-order chi connectivity index (χ1) is 9.77. The van der Waals surface area contributed by atoms with Crippen molar-refractivity contribution in [1.29, 1.82) is 0 Å². The maximum absolute atomic E-state index is 14.2. The minimum absolute atomic E-state index is 0.0810. The molecule has 20 heavy (non-hydrogen) atoms. The lowest BCUT2D eigenvalue weighted by molar-refractivity contribution is 0.573. The van der Waals surface area contributed by atoms with Crippen LogP contribution in [0.2, 0.25) is 0 Å². The highest BCUT2D eigenvalue weighted by Crippen LogP contribution is 2.31. The number of anilines is 1. The number of hydrogen-bond acceptors (Lipinski definition) is 2. The van der Waals surface area contributed by atoms with E-state index in [0.717, 1.165) is 30.8 Å². The van der Waals surface area contributed by atoms with Gasteiger partial charge in [-0.1, -0.05) is 25.8 Å². The molecule has 1 aliphatic rings. The van der Waals surface area contributed by atoms with Crippen molar-refractivity contribution < 1.29 is 4.39 Å². The SMILES string of the molecule is CCCNCc1c(F)cccc1N(CC)C1CCCC1. The van der Waals surface area contributed by atoms with Crippen molar-refractivity contribution >= 4 is 5.69 Å². The maximum atomic E-state index is 14.2. The minimum atomic E-state index is -0.0810. The van der Waals surface area contributed by atoms with Gasteiger partial charge in [0, 0.05) is 30.4 Å². The summed E-state index contributed by atoms with van der Waals surface area (Å²) in [4.78, 5) is 2.40. The highest BCUT2D eigenvalue weighted by molar-refractivity contribution is 5.55. The molecule has 0 aliphatic heterocycles. The molecule has 112 valence electrons. The van der Waals surface area contributed by atoms with Crippen molar-refractivity contribution in [3.63, 3.8) is 0 Å². The van der Waals surface area contributed by atoms with E-state index in [1.54, 1.807) is 6.07 Å². The molecule has 0 atom stereocenters. The van der Waals surface area contributed by atoms with Gasteiger partial charge < -0.3 is 10.2 Å². The molecule has 1 aliphatic carbocycles. The first kappa shape index (κ1) is 15.3. The Morgan fingerprint density at radius 1 is 1.25 bits per heavy atom. The van der Waals surface area contributed by atoms with Crippen LogP contribution < -0.4 is 10.2 Å². The molecule has 0 saturated heterocycles. The van der Waals surface area contributed by atoms with Crippen LogP contribution in [0.3, 0.4) is 0 Å². The zero-order valence-electron chi connectivity index (χ0n) is 12.8. The van der Waals surface area contributed by atoms with Gasteiger partial charge in [0.25, 0.3) is 0 Å². The fourth-order valence-corrected chi connectivity index (χ4v) is 3.22. The molecule has 2 nitrogen and oxygen atoms in total. The molecule has 0 heterocycles. The molecule has 0 radical (unpaired) electrons. The van der Waals surface area contributed by atoms with E-state index in [0.29, 0.717) is 12.6 Å². The summed E-state index contributed by atoms with van der Waals surface area (Å²) in [6.45, 7) is 6.82. The third-order valence-electron chi connectivity index (χ3n) is 4.24. The van der Waals surface area contributed by atoms with Gasteiger partial charge in [-0.25, -0.2) is 4.39 Å². The van der Waals surface area contributed by atoms with E-state index in [4.69, 9.17) is 0 Å². The topological polar surface area (TPSA) is 15.3 Å². The summed E-state index contributed by atoms with van der Waals surface area (Å²) in [7, 11) is 0. The van der Waals surface area contributed by atoms with Crippen molar-refractivity contribution in [2.75, 3.05) is 18.0 Å². The molecular formula is C17H27FN2. The molecule has 0 aromatic heterocycles. The second-order valence-corrected chi connectivity index (χ2v) is 5.64. The Morgan fingerprint density at radius 2 is 2.00 bits per heavy atom. The van der Waals surface area contributed by atoms with Gasteiger partial charge in [0.2, 0.25) is 0 Å². The summed E-state index contributed by atoms with van der Waals surface area (Å²) in [5.41, 5.74) is 1.91. The zero-order valence-corrected chi connectivity index (χ0v) is 12.8. The predicted octanol–water partition coefficient (Wildman–Crippen LogP) is 4.09. The monoisotopic (exact) mass is 278 g/mol. The van der Waals surface area contributed by atoms with E-state index >= 15 is 0 Å². The Balaban J connectivity index is 2.21. The molecule has 1 fully saturated rings. The molecule has 2 rings (SSSR count). The van der Waals surface area contributed by atoms with Gasteiger partial charge in [-0.15, -0.1) is 0 Å². The molecule has 3 heteroatoms. The Labute approximate surface area is 122 Å². The first-order valence-corrected chi connectivity index (χ1v) is 8.02. The number of hydrogen-bond donors (Lipinski definition) is 1. The summed E-state index contributed by atoms with van der Waals surface area (Å²) < 4.78 is 14.2. The Bertz CT molecular complexity index is 413. The zero-order chi connectivity index (χ0) is 14.4. The third kappa shape index (κ3) is 3.51. The van der Waals surface area contributed by atoms with E-state index in [2.05, 4.69) is 30.1 Å². The van der Waals surface area contributed by atoms with Crippen molar-refractivity contribution in [3.05, 3.63) is 29.6 Å². The molecule has 1 saturated carbocycles. The van der Waals surface area contributed by atoms with Crippen LogP contribution in [0.15, 0.2) is 18.2 Å². The largest absolute Gasteiger partial charge is 0.368 e. The van der Waals surface area contributed by atoms with Gasteiger partial charge in [-0.2, -0.15) is 0 Å². The number of benzene rings is 1. The summed E-state index contributed by atoms with van der Waals surface area (Å²) in [5, 5.41) is 3.34. The first-order valence-electron chi connectivity index (χ1n) is 8.02. The molecule has 0 spiro atoms.